The van der Waals surface area contributed by atoms with E-state index in [0.717, 1.165) is 19.4 Å². The number of anilines is 1. The Balaban J connectivity index is 1.22. The van der Waals surface area contributed by atoms with E-state index in [2.05, 4.69) is 16.5 Å². The number of rotatable bonds is 6. The zero-order chi connectivity index (χ0) is 31.9. The number of ether oxygens (including phenoxy) is 1. The van der Waals surface area contributed by atoms with E-state index in [4.69, 9.17) is 21.3 Å². The van der Waals surface area contributed by atoms with Gasteiger partial charge in [-0.2, -0.15) is 9.97 Å². The van der Waals surface area contributed by atoms with Crippen molar-refractivity contribution >= 4 is 45.0 Å². The number of carbonyl (C=O) groups is 1. The molecule has 0 spiro atoms. The van der Waals surface area contributed by atoms with Crippen LogP contribution in [0.2, 0.25) is 5.02 Å². The van der Waals surface area contributed by atoms with E-state index in [1.165, 1.54) is 11.0 Å². The van der Waals surface area contributed by atoms with Crippen LogP contribution in [-0.4, -0.2) is 82.3 Å². The van der Waals surface area contributed by atoms with Crippen molar-refractivity contribution in [2.24, 2.45) is 0 Å². The van der Waals surface area contributed by atoms with Crippen molar-refractivity contribution in [3.63, 3.8) is 0 Å². The first kappa shape index (κ1) is 29.4. The minimum absolute atomic E-state index is 0.00381. The van der Waals surface area contributed by atoms with E-state index in [-0.39, 0.29) is 40.8 Å². The van der Waals surface area contributed by atoms with Gasteiger partial charge in [-0.25, -0.2) is 17.6 Å². The van der Waals surface area contributed by atoms with Crippen molar-refractivity contribution in [3.05, 3.63) is 71.5 Å². The minimum atomic E-state index is -1.01. The van der Waals surface area contributed by atoms with Crippen LogP contribution in [0.15, 0.2) is 54.9 Å². The predicted molar refractivity (Wildman–Crippen MR) is 167 cm³/mol. The number of alkyl halides is 1. The van der Waals surface area contributed by atoms with Gasteiger partial charge in [0.25, 0.3) is 5.91 Å². The molecule has 1 aromatic heterocycles. The zero-order valence-corrected chi connectivity index (χ0v) is 25.5. The van der Waals surface area contributed by atoms with Crippen LogP contribution in [0.4, 0.5) is 23.4 Å². The number of hydrogen-bond donors (Lipinski definition) is 0. The van der Waals surface area contributed by atoms with Crippen LogP contribution < -0.4 is 9.64 Å². The fourth-order valence-corrected chi connectivity index (χ4v) is 8.34. The van der Waals surface area contributed by atoms with Gasteiger partial charge in [-0.15, -0.1) is 0 Å². The summed E-state index contributed by atoms with van der Waals surface area (Å²) in [5.74, 6) is -2.57. The molecule has 4 fully saturated rings. The number of likely N-dealkylation sites (tertiary alicyclic amines) is 1. The Hall–Kier alpha value is -3.96. The standard InChI is InChI=1S/C34H30ClF4N5O2/c1-18(36)32(45)43-13-10-25-26(43)16-44(25)31-23-8-7-22(21-5-2-4-19-6-9-24(38)28(35)27(19)21)29(39)30(23)40-33(41-31)46-17-34-11-3-12-42(34)15-20(37)14-34/h2,4-9,20,25-26H,1,3,10-17H2/t20?,25?,26-,34+/m1/s1. The number of aromatic nitrogens is 2. The molecule has 4 atom stereocenters. The second-order valence-corrected chi connectivity index (χ2v) is 13.1. The Morgan fingerprint density at radius 3 is 2.74 bits per heavy atom. The molecule has 0 bridgehead atoms. The number of halogens is 5. The Bertz CT molecular complexity index is 1940. The maximum Gasteiger partial charge on any atom is 0.319 e. The molecule has 46 heavy (non-hydrogen) atoms. The second-order valence-electron chi connectivity index (χ2n) is 12.8. The summed E-state index contributed by atoms with van der Waals surface area (Å²) in [5, 5.41) is 1.36. The van der Waals surface area contributed by atoms with Crippen LogP contribution in [0.3, 0.4) is 0 Å². The largest absolute Gasteiger partial charge is 0.461 e. The first-order chi connectivity index (χ1) is 22.1. The normalized spacial score (nSPS) is 25.6. The van der Waals surface area contributed by atoms with E-state index < -0.39 is 35.1 Å². The van der Waals surface area contributed by atoms with Crippen LogP contribution in [0.5, 0.6) is 6.01 Å². The zero-order valence-electron chi connectivity index (χ0n) is 24.8. The van der Waals surface area contributed by atoms with Gasteiger partial charge in [-0.05, 0) is 48.9 Å². The minimum Gasteiger partial charge on any atom is -0.461 e. The topological polar surface area (TPSA) is 61.8 Å². The van der Waals surface area contributed by atoms with Gasteiger partial charge < -0.3 is 14.5 Å². The van der Waals surface area contributed by atoms with E-state index in [1.807, 2.05) is 4.90 Å². The Morgan fingerprint density at radius 1 is 1.07 bits per heavy atom. The highest BCUT2D eigenvalue weighted by Gasteiger charge is 2.51. The molecule has 4 aliphatic rings. The van der Waals surface area contributed by atoms with E-state index >= 15 is 4.39 Å². The van der Waals surface area contributed by atoms with Gasteiger partial charge in [-0.3, -0.25) is 9.69 Å². The summed E-state index contributed by atoms with van der Waals surface area (Å²) in [6.07, 6.45) is 1.69. The van der Waals surface area contributed by atoms with Gasteiger partial charge in [0, 0.05) is 42.4 Å². The fourth-order valence-electron chi connectivity index (χ4n) is 8.07. The lowest BCUT2D eigenvalue weighted by molar-refractivity contribution is -0.130. The van der Waals surface area contributed by atoms with Crippen molar-refractivity contribution in [2.75, 3.05) is 37.7 Å². The molecule has 0 aliphatic carbocycles. The monoisotopic (exact) mass is 651 g/mol. The van der Waals surface area contributed by atoms with E-state index in [0.29, 0.717) is 60.0 Å². The Morgan fingerprint density at radius 2 is 1.91 bits per heavy atom. The van der Waals surface area contributed by atoms with Crippen LogP contribution in [0.1, 0.15) is 25.7 Å². The fraction of sp³-hybridized carbons (Fsp3) is 0.382. The number of benzene rings is 3. The van der Waals surface area contributed by atoms with E-state index in [9.17, 15) is 18.0 Å². The first-order valence-corrected chi connectivity index (χ1v) is 15.8. The highest BCUT2D eigenvalue weighted by molar-refractivity contribution is 6.37. The van der Waals surface area contributed by atoms with Crippen LogP contribution >= 0.6 is 11.6 Å². The van der Waals surface area contributed by atoms with Crippen molar-refractivity contribution in [1.82, 2.24) is 19.8 Å². The van der Waals surface area contributed by atoms with Crippen molar-refractivity contribution < 1.29 is 27.1 Å². The number of carbonyl (C=O) groups excluding carboxylic acids is 1. The number of amides is 1. The van der Waals surface area contributed by atoms with Gasteiger partial charge in [-0.1, -0.05) is 48.5 Å². The van der Waals surface area contributed by atoms with Gasteiger partial charge in [0.15, 0.2) is 11.6 Å². The lowest BCUT2D eigenvalue weighted by Gasteiger charge is -2.47. The molecule has 0 saturated carbocycles. The van der Waals surface area contributed by atoms with Crippen molar-refractivity contribution in [3.8, 4) is 17.1 Å². The predicted octanol–water partition coefficient (Wildman–Crippen LogP) is 6.61. The summed E-state index contributed by atoms with van der Waals surface area (Å²) in [6.45, 7) is 5.18. The molecule has 8 rings (SSSR count). The van der Waals surface area contributed by atoms with Crippen molar-refractivity contribution in [1.29, 1.82) is 0 Å². The first-order valence-electron chi connectivity index (χ1n) is 15.5. The molecule has 5 heterocycles. The average Bonchev–Trinajstić information content (AvgIpc) is 3.67. The molecule has 1 amide bonds. The lowest BCUT2D eigenvalue weighted by atomic mass is 9.94. The van der Waals surface area contributed by atoms with Crippen molar-refractivity contribution in [2.45, 2.75) is 49.5 Å². The highest BCUT2D eigenvalue weighted by Crippen LogP contribution is 2.44. The summed E-state index contributed by atoms with van der Waals surface area (Å²) in [5.41, 5.74) is 0.123. The second kappa shape index (κ2) is 10.8. The summed E-state index contributed by atoms with van der Waals surface area (Å²) in [4.78, 5) is 27.2. The van der Waals surface area contributed by atoms with Crippen LogP contribution in [0.25, 0.3) is 32.8 Å². The molecule has 0 N–H and O–H groups in total. The SMILES string of the molecule is C=C(F)C(=O)N1CCC2[C@H]1CN2c1nc(OC[C@@]23CCCN2CC(F)C3)nc2c(F)c(-c3cccc4ccc(F)c(Cl)c34)ccc12. The maximum absolute atomic E-state index is 16.7. The van der Waals surface area contributed by atoms with Gasteiger partial charge >= 0.3 is 6.01 Å². The van der Waals surface area contributed by atoms with Crippen LogP contribution in [-0.2, 0) is 4.79 Å². The molecule has 0 radical (unpaired) electrons. The Kier molecular flexibility index (Phi) is 6.91. The van der Waals surface area contributed by atoms with Gasteiger partial charge in [0.2, 0.25) is 0 Å². The third-order valence-electron chi connectivity index (χ3n) is 10.3. The molecule has 7 nitrogen and oxygen atoms in total. The molecule has 4 saturated heterocycles. The molecule has 2 unspecified atom stereocenters. The summed E-state index contributed by atoms with van der Waals surface area (Å²) in [6, 6.07) is 11.0. The van der Waals surface area contributed by atoms with E-state index in [1.54, 1.807) is 36.4 Å². The smallest absolute Gasteiger partial charge is 0.319 e. The molecule has 4 aliphatic heterocycles. The molecule has 238 valence electrons. The molecular weight excluding hydrogens is 622 g/mol. The molecule has 3 aromatic carbocycles. The van der Waals surface area contributed by atoms with Gasteiger partial charge in [0.05, 0.1) is 22.6 Å². The highest BCUT2D eigenvalue weighted by atomic mass is 35.5. The van der Waals surface area contributed by atoms with Gasteiger partial charge in [0.1, 0.15) is 29.9 Å². The average molecular weight is 652 g/mol. The molecular formula is C34H30ClF4N5O2. The number of fused-ring (bicyclic) bond motifs is 4. The summed E-state index contributed by atoms with van der Waals surface area (Å²) < 4.78 is 65.7. The number of hydrogen-bond acceptors (Lipinski definition) is 6. The van der Waals surface area contributed by atoms with Crippen LogP contribution in [0, 0.1) is 11.6 Å². The quantitative estimate of drug-likeness (QED) is 0.173. The maximum atomic E-state index is 16.7. The molecule has 4 aromatic rings. The number of nitrogens with zero attached hydrogens (tertiary/aromatic N) is 5. The lowest BCUT2D eigenvalue weighted by Crippen LogP contribution is -2.63. The Labute approximate surface area is 267 Å². The summed E-state index contributed by atoms with van der Waals surface area (Å²) in [7, 11) is 0. The third-order valence-corrected chi connectivity index (χ3v) is 10.7. The summed E-state index contributed by atoms with van der Waals surface area (Å²) >= 11 is 6.40. The third kappa shape index (κ3) is 4.45. The molecule has 12 heteroatoms.